The first-order chi connectivity index (χ1) is 16.0. The number of carbonyl (C=O) groups is 2. The zero-order chi connectivity index (χ0) is 22.9. The van der Waals surface area contributed by atoms with Gasteiger partial charge in [0.2, 0.25) is 5.76 Å². The zero-order valence-electron chi connectivity index (χ0n) is 18.0. The van der Waals surface area contributed by atoms with Gasteiger partial charge in [-0.2, -0.15) is 0 Å². The van der Waals surface area contributed by atoms with Crippen LogP contribution in [0.3, 0.4) is 0 Å². The second kappa shape index (κ2) is 6.65. The van der Waals surface area contributed by atoms with Crippen LogP contribution in [0.1, 0.15) is 40.8 Å². The Balaban J connectivity index is 1.78. The third-order valence-electron chi connectivity index (χ3n) is 6.32. The predicted octanol–water partition coefficient (Wildman–Crippen LogP) is 3.75. The summed E-state index contributed by atoms with van der Waals surface area (Å²) >= 11 is 0. The van der Waals surface area contributed by atoms with E-state index in [9.17, 15) is 14.4 Å². The number of hydrogen-bond donors (Lipinski definition) is 0. The van der Waals surface area contributed by atoms with Crippen molar-refractivity contribution in [1.29, 1.82) is 0 Å². The summed E-state index contributed by atoms with van der Waals surface area (Å²) in [5.74, 6) is -0.532. The molecule has 0 saturated carbocycles. The molecule has 2 aliphatic rings. The molecule has 0 saturated heterocycles. The number of carbonyl (C=O) groups excluding carboxylic acids is 2. The normalized spacial score (nSPS) is 19.1. The molecule has 1 spiro atoms. The van der Waals surface area contributed by atoms with E-state index >= 15 is 0 Å². The Labute approximate surface area is 188 Å². The first kappa shape index (κ1) is 19.5. The van der Waals surface area contributed by atoms with Gasteiger partial charge in [0.15, 0.2) is 16.8 Å². The Hall–Kier alpha value is -4.20. The molecular formula is C25H19N3O5. The van der Waals surface area contributed by atoms with Crippen LogP contribution in [-0.4, -0.2) is 23.5 Å². The van der Waals surface area contributed by atoms with Gasteiger partial charge in [0.1, 0.15) is 11.3 Å². The van der Waals surface area contributed by atoms with Crippen LogP contribution in [-0.2, 0) is 10.3 Å². The number of anilines is 2. The maximum Gasteiger partial charge on any atom is 0.297 e. The molecule has 4 heterocycles. The fourth-order valence-corrected chi connectivity index (χ4v) is 5.06. The molecule has 2 amide bonds. The van der Waals surface area contributed by atoms with E-state index in [-0.39, 0.29) is 28.6 Å². The van der Waals surface area contributed by atoms with E-state index in [4.69, 9.17) is 8.94 Å². The maximum absolute atomic E-state index is 14.3. The molecule has 8 nitrogen and oxygen atoms in total. The molecule has 8 heteroatoms. The standard InChI is InChI=1S/C25H19N3O5/c1-3-12-27-17-10-6-5-9-16(17)25(24(27)31)20-21(29)15-8-4-7-11-18(15)32-22(20)23(30)28(25)19-13-14(2)33-26-19/h4-11,13H,3,12H2,1-2H3. The van der Waals surface area contributed by atoms with E-state index in [0.717, 1.165) is 0 Å². The van der Waals surface area contributed by atoms with E-state index in [1.807, 2.05) is 19.1 Å². The lowest BCUT2D eigenvalue weighted by Crippen LogP contribution is -2.54. The smallest absolute Gasteiger partial charge is 0.297 e. The molecule has 164 valence electrons. The van der Waals surface area contributed by atoms with E-state index < -0.39 is 16.9 Å². The molecule has 0 bridgehead atoms. The number of nitrogens with zero attached hydrogens (tertiary/aromatic N) is 3. The van der Waals surface area contributed by atoms with Gasteiger partial charge in [0.05, 0.1) is 16.6 Å². The summed E-state index contributed by atoms with van der Waals surface area (Å²) in [6, 6.07) is 15.5. The van der Waals surface area contributed by atoms with Crippen LogP contribution >= 0.6 is 0 Å². The predicted molar refractivity (Wildman–Crippen MR) is 120 cm³/mol. The molecule has 1 atom stereocenters. The second-order valence-corrected chi connectivity index (χ2v) is 8.25. The molecule has 2 aliphatic heterocycles. The third kappa shape index (κ3) is 2.29. The molecule has 2 aromatic heterocycles. The molecule has 2 aromatic carbocycles. The molecule has 33 heavy (non-hydrogen) atoms. The largest absolute Gasteiger partial charge is 0.450 e. The molecule has 6 rings (SSSR count). The molecule has 0 N–H and O–H groups in total. The van der Waals surface area contributed by atoms with Crippen molar-refractivity contribution in [2.24, 2.45) is 0 Å². The number of benzene rings is 2. The summed E-state index contributed by atoms with van der Waals surface area (Å²) in [5, 5.41) is 4.35. The average molecular weight is 441 g/mol. The van der Waals surface area contributed by atoms with Crippen molar-refractivity contribution in [3.8, 4) is 0 Å². The van der Waals surface area contributed by atoms with Crippen LogP contribution in [0.4, 0.5) is 11.5 Å². The average Bonchev–Trinajstić information content (AvgIpc) is 3.43. The van der Waals surface area contributed by atoms with Gasteiger partial charge in [-0.15, -0.1) is 0 Å². The number of aryl methyl sites for hydroxylation is 1. The Kier molecular flexibility index (Phi) is 3.93. The first-order valence-electron chi connectivity index (χ1n) is 10.8. The number of fused-ring (bicyclic) bond motifs is 5. The van der Waals surface area contributed by atoms with Crippen LogP contribution in [0, 0.1) is 6.92 Å². The van der Waals surface area contributed by atoms with Gasteiger partial charge in [-0.3, -0.25) is 19.3 Å². The minimum absolute atomic E-state index is 0.0166. The lowest BCUT2D eigenvalue weighted by Gasteiger charge is -2.32. The summed E-state index contributed by atoms with van der Waals surface area (Å²) in [6.45, 7) is 4.10. The number of rotatable bonds is 3. The van der Waals surface area contributed by atoms with Crippen LogP contribution in [0.2, 0.25) is 0 Å². The van der Waals surface area contributed by atoms with Crippen molar-refractivity contribution in [3.05, 3.63) is 87.5 Å². The Bertz CT molecular complexity index is 1530. The monoisotopic (exact) mass is 441 g/mol. The number of amides is 2. The maximum atomic E-state index is 14.3. The van der Waals surface area contributed by atoms with Crippen molar-refractivity contribution in [3.63, 3.8) is 0 Å². The highest BCUT2D eigenvalue weighted by molar-refractivity contribution is 6.24. The minimum atomic E-state index is -1.73. The SMILES string of the molecule is CCCN1C(=O)C2(c3ccccc31)c1c(oc3ccccc3c1=O)C(=O)N2c1cc(C)on1. The minimum Gasteiger partial charge on any atom is -0.450 e. The van der Waals surface area contributed by atoms with Crippen molar-refractivity contribution in [2.75, 3.05) is 16.3 Å². The van der Waals surface area contributed by atoms with Gasteiger partial charge in [-0.25, -0.2) is 0 Å². The number of para-hydroxylation sites is 2. The highest BCUT2D eigenvalue weighted by Gasteiger charge is 2.66. The number of aromatic nitrogens is 1. The van der Waals surface area contributed by atoms with E-state index in [1.165, 1.54) is 4.90 Å². The van der Waals surface area contributed by atoms with Crippen molar-refractivity contribution >= 4 is 34.3 Å². The summed E-state index contributed by atoms with van der Waals surface area (Å²) in [5.41, 5.74) is -0.646. The Morgan fingerprint density at radius 2 is 1.79 bits per heavy atom. The van der Waals surface area contributed by atoms with Crippen LogP contribution in [0.25, 0.3) is 11.0 Å². The summed E-state index contributed by atoms with van der Waals surface area (Å²) in [6.07, 6.45) is 0.701. The summed E-state index contributed by atoms with van der Waals surface area (Å²) in [7, 11) is 0. The molecule has 0 radical (unpaired) electrons. The van der Waals surface area contributed by atoms with Gasteiger partial charge < -0.3 is 13.8 Å². The molecule has 0 fully saturated rings. The third-order valence-corrected chi connectivity index (χ3v) is 6.32. The van der Waals surface area contributed by atoms with Gasteiger partial charge in [-0.05, 0) is 31.5 Å². The van der Waals surface area contributed by atoms with Gasteiger partial charge in [0.25, 0.3) is 11.8 Å². The van der Waals surface area contributed by atoms with Crippen molar-refractivity contribution in [1.82, 2.24) is 5.16 Å². The van der Waals surface area contributed by atoms with E-state index in [1.54, 1.807) is 54.3 Å². The highest BCUT2D eigenvalue weighted by atomic mass is 16.5. The van der Waals surface area contributed by atoms with E-state index in [0.29, 0.717) is 35.4 Å². The fraction of sp³-hybridized carbons (Fsp3) is 0.200. The zero-order valence-corrected chi connectivity index (χ0v) is 18.0. The van der Waals surface area contributed by atoms with Gasteiger partial charge in [0, 0.05) is 18.2 Å². The van der Waals surface area contributed by atoms with Gasteiger partial charge >= 0.3 is 0 Å². The lowest BCUT2D eigenvalue weighted by molar-refractivity contribution is -0.121. The van der Waals surface area contributed by atoms with Crippen LogP contribution < -0.4 is 15.2 Å². The first-order valence-corrected chi connectivity index (χ1v) is 10.8. The quantitative estimate of drug-likeness (QED) is 0.480. The Morgan fingerprint density at radius 3 is 2.55 bits per heavy atom. The van der Waals surface area contributed by atoms with Crippen LogP contribution in [0.15, 0.2) is 68.3 Å². The van der Waals surface area contributed by atoms with Crippen molar-refractivity contribution < 1.29 is 18.5 Å². The summed E-state index contributed by atoms with van der Waals surface area (Å²) in [4.78, 5) is 44.8. The molecular weight excluding hydrogens is 422 g/mol. The van der Waals surface area contributed by atoms with Crippen LogP contribution in [0.5, 0.6) is 0 Å². The van der Waals surface area contributed by atoms with Crippen molar-refractivity contribution in [2.45, 2.75) is 25.8 Å². The van der Waals surface area contributed by atoms with E-state index in [2.05, 4.69) is 5.16 Å². The Morgan fingerprint density at radius 1 is 1.03 bits per heavy atom. The molecule has 4 aromatic rings. The fourth-order valence-electron chi connectivity index (χ4n) is 5.06. The second-order valence-electron chi connectivity index (χ2n) is 8.25. The number of hydrogen-bond acceptors (Lipinski definition) is 6. The lowest BCUT2D eigenvalue weighted by atomic mass is 9.84. The van der Waals surface area contributed by atoms with Gasteiger partial charge in [-0.1, -0.05) is 42.4 Å². The topological polar surface area (TPSA) is 96.9 Å². The summed E-state index contributed by atoms with van der Waals surface area (Å²) < 4.78 is 11.2. The molecule has 1 unspecified atom stereocenters. The highest BCUT2D eigenvalue weighted by Crippen LogP contribution is 2.53. The molecule has 0 aliphatic carbocycles.